The van der Waals surface area contributed by atoms with Crippen molar-refractivity contribution < 1.29 is 9.18 Å². The number of halogens is 1. The molecule has 116 valence electrons. The average molecular weight is 310 g/mol. The van der Waals surface area contributed by atoms with Crippen LogP contribution >= 0.6 is 0 Å². The van der Waals surface area contributed by atoms with Crippen molar-refractivity contribution in [2.45, 2.75) is 13.8 Å². The van der Waals surface area contributed by atoms with Gasteiger partial charge in [-0.05, 0) is 49.7 Å². The van der Waals surface area contributed by atoms with Gasteiger partial charge >= 0.3 is 0 Å². The summed E-state index contributed by atoms with van der Waals surface area (Å²) in [5, 5.41) is 11.2. The molecule has 2 aromatic carbocycles. The molecule has 3 aromatic rings. The molecular weight excluding hydrogens is 295 g/mol. The second-order valence-electron chi connectivity index (χ2n) is 5.17. The third-order valence-corrected chi connectivity index (χ3v) is 3.42. The molecule has 0 spiro atoms. The van der Waals surface area contributed by atoms with Crippen molar-refractivity contribution in [2.75, 3.05) is 5.32 Å². The largest absolute Gasteiger partial charge is 0.320 e. The summed E-state index contributed by atoms with van der Waals surface area (Å²) in [6.45, 7) is 3.45. The fourth-order valence-corrected chi connectivity index (χ4v) is 2.21. The van der Waals surface area contributed by atoms with Crippen LogP contribution in [-0.2, 0) is 0 Å². The lowest BCUT2D eigenvalue weighted by Crippen LogP contribution is -2.15. The van der Waals surface area contributed by atoms with Gasteiger partial charge in [0.1, 0.15) is 5.82 Å². The molecule has 0 saturated heterocycles. The highest BCUT2D eigenvalue weighted by molar-refractivity contribution is 6.03. The number of carbonyl (C=O) groups is 1. The van der Waals surface area contributed by atoms with Crippen molar-refractivity contribution in [1.29, 1.82) is 0 Å². The van der Waals surface area contributed by atoms with Crippen LogP contribution in [0.15, 0.2) is 48.5 Å². The second-order valence-corrected chi connectivity index (χ2v) is 5.17. The maximum Gasteiger partial charge on any atom is 0.278 e. The van der Waals surface area contributed by atoms with E-state index in [9.17, 15) is 9.18 Å². The van der Waals surface area contributed by atoms with E-state index in [4.69, 9.17) is 0 Å². The number of para-hydroxylation sites is 1. The van der Waals surface area contributed by atoms with Gasteiger partial charge in [-0.15, -0.1) is 5.10 Å². The van der Waals surface area contributed by atoms with Crippen molar-refractivity contribution >= 4 is 11.6 Å². The molecule has 0 aliphatic heterocycles. The number of aromatic nitrogens is 3. The van der Waals surface area contributed by atoms with E-state index in [1.54, 1.807) is 13.8 Å². The minimum absolute atomic E-state index is 0.234. The number of hydrogen-bond donors (Lipinski definition) is 1. The van der Waals surface area contributed by atoms with Gasteiger partial charge < -0.3 is 5.32 Å². The molecule has 1 N–H and O–H groups in total. The highest BCUT2D eigenvalue weighted by atomic mass is 19.1. The first kappa shape index (κ1) is 14.9. The Morgan fingerprint density at radius 3 is 2.52 bits per heavy atom. The summed E-state index contributed by atoms with van der Waals surface area (Å²) in [5.41, 5.74) is 2.72. The molecule has 23 heavy (non-hydrogen) atoms. The van der Waals surface area contributed by atoms with Crippen LogP contribution in [0.25, 0.3) is 5.69 Å². The van der Waals surface area contributed by atoms with Crippen molar-refractivity contribution in [3.63, 3.8) is 0 Å². The molecule has 5 nitrogen and oxygen atoms in total. The number of rotatable bonds is 3. The molecule has 1 heterocycles. The monoisotopic (exact) mass is 310 g/mol. The minimum Gasteiger partial charge on any atom is -0.320 e. The van der Waals surface area contributed by atoms with Crippen LogP contribution in [0, 0.1) is 19.7 Å². The second kappa shape index (κ2) is 6.00. The van der Waals surface area contributed by atoms with E-state index in [0.717, 1.165) is 5.69 Å². The normalized spacial score (nSPS) is 10.6. The van der Waals surface area contributed by atoms with Crippen LogP contribution in [0.1, 0.15) is 21.7 Å². The van der Waals surface area contributed by atoms with Crippen molar-refractivity contribution in [3.8, 4) is 5.69 Å². The Kier molecular flexibility index (Phi) is 3.89. The molecule has 1 aromatic heterocycles. The Bertz CT molecular complexity index is 858. The molecule has 0 unspecified atom stereocenters. The third kappa shape index (κ3) is 3.11. The predicted molar refractivity (Wildman–Crippen MR) is 85.2 cm³/mol. The van der Waals surface area contributed by atoms with Crippen LogP contribution in [0.3, 0.4) is 0 Å². The molecule has 0 radical (unpaired) electrons. The van der Waals surface area contributed by atoms with Crippen molar-refractivity contribution in [2.24, 2.45) is 0 Å². The Balaban J connectivity index is 1.87. The van der Waals surface area contributed by atoms with Gasteiger partial charge in [-0.3, -0.25) is 4.79 Å². The minimum atomic E-state index is -0.376. The van der Waals surface area contributed by atoms with Gasteiger partial charge in [0.25, 0.3) is 5.91 Å². The lowest BCUT2D eigenvalue weighted by Gasteiger charge is -2.07. The predicted octanol–water partition coefficient (Wildman–Crippen LogP) is 3.28. The summed E-state index contributed by atoms with van der Waals surface area (Å²) in [6.07, 6.45) is 0. The van der Waals surface area contributed by atoms with Crippen LogP contribution < -0.4 is 5.32 Å². The van der Waals surface area contributed by atoms with Gasteiger partial charge in [-0.25, -0.2) is 4.39 Å². The van der Waals surface area contributed by atoms with Crippen LogP contribution in [0.5, 0.6) is 0 Å². The Hall–Kier alpha value is -3.02. The fourth-order valence-electron chi connectivity index (χ4n) is 2.21. The van der Waals surface area contributed by atoms with E-state index < -0.39 is 0 Å². The Morgan fingerprint density at radius 1 is 1.09 bits per heavy atom. The fraction of sp³-hybridized carbons (Fsp3) is 0.118. The first-order valence-corrected chi connectivity index (χ1v) is 7.11. The average Bonchev–Trinajstić information content (AvgIpc) is 2.93. The highest BCUT2D eigenvalue weighted by Crippen LogP contribution is 2.17. The molecule has 0 bridgehead atoms. The smallest absolute Gasteiger partial charge is 0.278 e. The van der Waals surface area contributed by atoms with Crippen molar-refractivity contribution in [3.05, 3.63) is 71.3 Å². The van der Waals surface area contributed by atoms with E-state index >= 15 is 0 Å². The summed E-state index contributed by atoms with van der Waals surface area (Å²) in [4.78, 5) is 13.8. The molecule has 0 aliphatic carbocycles. The molecule has 3 rings (SSSR count). The molecular formula is C17H15FN4O. The molecule has 0 saturated carbocycles. The van der Waals surface area contributed by atoms with Gasteiger partial charge in [0.05, 0.1) is 11.4 Å². The first-order valence-electron chi connectivity index (χ1n) is 7.11. The zero-order chi connectivity index (χ0) is 16.4. The zero-order valence-corrected chi connectivity index (χ0v) is 12.7. The number of nitrogens with one attached hydrogen (secondary N) is 1. The Labute approximate surface area is 132 Å². The summed E-state index contributed by atoms with van der Waals surface area (Å²) in [6, 6.07) is 13.5. The van der Waals surface area contributed by atoms with Gasteiger partial charge in [0, 0.05) is 5.69 Å². The SMILES string of the molecule is Cc1cc(F)ccc1NC(=O)c1nn(-c2ccccc2)nc1C. The van der Waals surface area contributed by atoms with E-state index in [1.165, 1.54) is 23.0 Å². The standard InChI is InChI=1S/C17H15FN4O/c1-11-10-13(18)8-9-15(11)19-17(23)16-12(2)20-22(21-16)14-6-4-3-5-7-14/h3-10H,1-2H3,(H,19,23). The zero-order valence-electron chi connectivity index (χ0n) is 12.7. The number of anilines is 1. The number of nitrogens with zero attached hydrogens (tertiary/aromatic N) is 3. The molecule has 0 fully saturated rings. The lowest BCUT2D eigenvalue weighted by atomic mass is 10.2. The van der Waals surface area contributed by atoms with Gasteiger partial charge in [-0.2, -0.15) is 9.90 Å². The van der Waals surface area contributed by atoms with E-state index in [-0.39, 0.29) is 17.4 Å². The molecule has 0 atom stereocenters. The highest BCUT2D eigenvalue weighted by Gasteiger charge is 2.17. The van der Waals surface area contributed by atoms with Crippen LogP contribution in [-0.4, -0.2) is 20.9 Å². The quantitative estimate of drug-likeness (QED) is 0.807. The van der Waals surface area contributed by atoms with Crippen LogP contribution in [0.2, 0.25) is 0 Å². The number of carbonyl (C=O) groups excluding carboxylic acids is 1. The summed E-state index contributed by atoms with van der Waals surface area (Å²) in [5.74, 6) is -0.717. The van der Waals surface area contributed by atoms with E-state index in [2.05, 4.69) is 15.5 Å². The molecule has 0 aliphatic rings. The number of hydrogen-bond acceptors (Lipinski definition) is 3. The number of benzene rings is 2. The van der Waals surface area contributed by atoms with Gasteiger partial charge in [0.2, 0.25) is 0 Å². The third-order valence-electron chi connectivity index (χ3n) is 3.42. The van der Waals surface area contributed by atoms with Crippen molar-refractivity contribution in [1.82, 2.24) is 15.0 Å². The van der Waals surface area contributed by atoms with Gasteiger partial charge in [-0.1, -0.05) is 18.2 Å². The first-order chi connectivity index (χ1) is 11.0. The number of amides is 1. The number of aryl methyl sites for hydroxylation is 2. The lowest BCUT2D eigenvalue weighted by molar-refractivity contribution is 0.102. The summed E-state index contributed by atoms with van der Waals surface area (Å²) < 4.78 is 13.1. The summed E-state index contributed by atoms with van der Waals surface area (Å²) >= 11 is 0. The van der Waals surface area contributed by atoms with Gasteiger partial charge in [0.15, 0.2) is 5.69 Å². The molecule has 6 heteroatoms. The van der Waals surface area contributed by atoms with E-state index in [1.807, 2.05) is 30.3 Å². The summed E-state index contributed by atoms with van der Waals surface area (Å²) in [7, 11) is 0. The maximum absolute atomic E-state index is 13.1. The van der Waals surface area contributed by atoms with Crippen LogP contribution in [0.4, 0.5) is 10.1 Å². The maximum atomic E-state index is 13.1. The Morgan fingerprint density at radius 2 is 1.83 bits per heavy atom. The molecule has 1 amide bonds. The topological polar surface area (TPSA) is 59.8 Å². The van der Waals surface area contributed by atoms with E-state index in [0.29, 0.717) is 16.9 Å².